The van der Waals surface area contributed by atoms with Gasteiger partial charge in [-0.05, 0) is 55.7 Å². The molecule has 2 aromatic rings. The summed E-state index contributed by atoms with van der Waals surface area (Å²) in [5.41, 5.74) is 2.92. The van der Waals surface area contributed by atoms with Crippen LogP contribution in [0.3, 0.4) is 0 Å². The van der Waals surface area contributed by atoms with Crippen LogP contribution >= 0.6 is 0 Å². The maximum absolute atomic E-state index is 13.6. The number of halogens is 1. The Morgan fingerprint density at radius 1 is 1.05 bits per heavy atom. The number of hydrogen-bond donors (Lipinski definition) is 0. The second-order valence-electron chi connectivity index (χ2n) is 5.31. The van der Waals surface area contributed by atoms with Gasteiger partial charge in [0, 0.05) is 6.54 Å². The molecule has 0 fully saturated rings. The van der Waals surface area contributed by atoms with E-state index in [1.165, 1.54) is 10.4 Å². The van der Waals surface area contributed by atoms with Gasteiger partial charge in [-0.1, -0.05) is 17.7 Å². The van der Waals surface area contributed by atoms with E-state index in [-0.39, 0.29) is 10.7 Å². The van der Waals surface area contributed by atoms with Crippen LogP contribution in [0.1, 0.15) is 16.7 Å². The van der Waals surface area contributed by atoms with Gasteiger partial charge in [0.25, 0.3) is 10.0 Å². The lowest BCUT2D eigenvalue weighted by Crippen LogP contribution is -2.29. The minimum absolute atomic E-state index is 0.267. The molecule has 0 spiro atoms. The first-order chi connectivity index (χ1) is 9.91. The van der Waals surface area contributed by atoms with Gasteiger partial charge in [0.1, 0.15) is 5.82 Å². The molecule has 0 amide bonds. The Labute approximate surface area is 124 Å². The van der Waals surface area contributed by atoms with E-state index in [2.05, 4.69) is 0 Å². The molecular formula is C16H16FNO2S. The number of benzene rings is 2. The van der Waals surface area contributed by atoms with Gasteiger partial charge in [0.15, 0.2) is 0 Å². The lowest BCUT2D eigenvalue weighted by atomic mass is 10.1. The Morgan fingerprint density at radius 3 is 2.38 bits per heavy atom. The van der Waals surface area contributed by atoms with Crippen molar-refractivity contribution in [3.63, 3.8) is 0 Å². The predicted octanol–water partition coefficient (Wildman–Crippen LogP) is 3.19. The van der Waals surface area contributed by atoms with Gasteiger partial charge < -0.3 is 0 Å². The van der Waals surface area contributed by atoms with Crippen LogP contribution in [0.25, 0.3) is 0 Å². The van der Waals surface area contributed by atoms with Crippen molar-refractivity contribution in [2.75, 3.05) is 10.8 Å². The smallest absolute Gasteiger partial charge is 0.264 e. The third-order valence-electron chi connectivity index (χ3n) is 3.95. The number of fused-ring (bicyclic) bond motifs is 1. The molecule has 0 N–H and O–H groups in total. The molecule has 1 heterocycles. The highest BCUT2D eigenvalue weighted by Crippen LogP contribution is 2.35. The molecule has 0 radical (unpaired) electrons. The third-order valence-corrected chi connectivity index (χ3v) is 5.78. The Kier molecular flexibility index (Phi) is 3.24. The van der Waals surface area contributed by atoms with Crippen molar-refractivity contribution in [2.24, 2.45) is 0 Å². The molecule has 110 valence electrons. The van der Waals surface area contributed by atoms with Gasteiger partial charge in [-0.3, -0.25) is 4.31 Å². The van der Waals surface area contributed by atoms with Crippen molar-refractivity contribution in [1.82, 2.24) is 0 Å². The Balaban J connectivity index is 2.08. The maximum Gasteiger partial charge on any atom is 0.264 e. The van der Waals surface area contributed by atoms with Crippen LogP contribution in [0.4, 0.5) is 10.1 Å². The molecule has 0 saturated heterocycles. The maximum atomic E-state index is 13.6. The number of hydrogen-bond acceptors (Lipinski definition) is 2. The summed E-state index contributed by atoms with van der Waals surface area (Å²) >= 11 is 0. The summed E-state index contributed by atoms with van der Waals surface area (Å²) in [5.74, 6) is -0.289. The number of anilines is 1. The summed E-state index contributed by atoms with van der Waals surface area (Å²) in [4.78, 5) is 0.267. The largest absolute Gasteiger partial charge is 0.266 e. The molecular weight excluding hydrogens is 289 g/mol. The second-order valence-corrected chi connectivity index (χ2v) is 7.17. The van der Waals surface area contributed by atoms with Gasteiger partial charge in [-0.15, -0.1) is 0 Å². The molecule has 0 aromatic heterocycles. The molecule has 1 aliphatic heterocycles. The summed E-state index contributed by atoms with van der Waals surface area (Å²) in [7, 11) is -3.59. The average Bonchev–Trinajstić information content (AvgIpc) is 2.89. The molecule has 0 aliphatic carbocycles. The standard InChI is InChI=1S/C16H16FNO2S/c1-11-3-5-13(6-4-11)21(19,20)18-10-9-14-12(2)15(17)7-8-16(14)18/h3-8H,9-10H2,1-2H3. The van der Waals surface area contributed by atoms with Crippen molar-refractivity contribution < 1.29 is 12.8 Å². The third kappa shape index (κ3) is 2.21. The van der Waals surface area contributed by atoms with Gasteiger partial charge in [-0.2, -0.15) is 0 Å². The SMILES string of the molecule is Cc1ccc(S(=O)(=O)N2CCc3c2ccc(F)c3C)cc1. The lowest BCUT2D eigenvalue weighted by molar-refractivity contribution is 0.592. The van der Waals surface area contributed by atoms with Gasteiger partial charge in [0.2, 0.25) is 0 Å². The van der Waals surface area contributed by atoms with E-state index in [4.69, 9.17) is 0 Å². The van der Waals surface area contributed by atoms with E-state index in [0.29, 0.717) is 24.2 Å². The quantitative estimate of drug-likeness (QED) is 0.854. The summed E-state index contributed by atoms with van der Waals surface area (Å²) in [6.45, 7) is 3.96. The summed E-state index contributed by atoms with van der Waals surface area (Å²) < 4.78 is 40.4. The highest BCUT2D eigenvalue weighted by molar-refractivity contribution is 7.92. The van der Waals surface area contributed by atoms with Crippen molar-refractivity contribution in [3.8, 4) is 0 Å². The van der Waals surface area contributed by atoms with Crippen molar-refractivity contribution in [1.29, 1.82) is 0 Å². The monoisotopic (exact) mass is 305 g/mol. The fraction of sp³-hybridized carbons (Fsp3) is 0.250. The molecule has 0 atom stereocenters. The minimum atomic E-state index is -3.59. The highest BCUT2D eigenvalue weighted by Gasteiger charge is 2.32. The fourth-order valence-electron chi connectivity index (χ4n) is 2.68. The lowest BCUT2D eigenvalue weighted by Gasteiger charge is -2.20. The van der Waals surface area contributed by atoms with Crippen LogP contribution in [0.15, 0.2) is 41.3 Å². The Morgan fingerprint density at radius 2 is 1.71 bits per heavy atom. The van der Waals surface area contributed by atoms with Crippen LogP contribution in [0.2, 0.25) is 0 Å². The first kappa shape index (κ1) is 14.1. The summed E-state index contributed by atoms with van der Waals surface area (Å²) in [6.07, 6.45) is 0.546. The molecule has 3 rings (SSSR count). The normalized spacial score (nSPS) is 14.3. The molecule has 0 unspecified atom stereocenters. The number of nitrogens with zero attached hydrogens (tertiary/aromatic N) is 1. The van der Waals surface area contributed by atoms with E-state index >= 15 is 0 Å². The van der Waals surface area contributed by atoms with E-state index in [0.717, 1.165) is 11.1 Å². The van der Waals surface area contributed by atoms with Crippen LogP contribution < -0.4 is 4.31 Å². The molecule has 5 heteroatoms. The Hall–Kier alpha value is -1.88. The fourth-order valence-corrected chi connectivity index (χ4v) is 4.18. The molecule has 3 nitrogen and oxygen atoms in total. The van der Waals surface area contributed by atoms with Crippen LogP contribution in [-0.2, 0) is 16.4 Å². The zero-order valence-corrected chi connectivity index (χ0v) is 12.7. The second kappa shape index (κ2) is 4.84. The van der Waals surface area contributed by atoms with Gasteiger partial charge in [0.05, 0.1) is 10.6 Å². The van der Waals surface area contributed by atoms with Crippen molar-refractivity contribution in [2.45, 2.75) is 25.2 Å². The zero-order valence-electron chi connectivity index (χ0n) is 11.9. The summed E-state index contributed by atoms with van der Waals surface area (Å²) in [6, 6.07) is 9.66. The minimum Gasteiger partial charge on any atom is -0.266 e. The summed E-state index contributed by atoms with van der Waals surface area (Å²) in [5, 5.41) is 0. The zero-order chi connectivity index (χ0) is 15.2. The van der Waals surface area contributed by atoms with Crippen molar-refractivity contribution in [3.05, 3.63) is 58.9 Å². The number of sulfonamides is 1. The van der Waals surface area contributed by atoms with Crippen LogP contribution in [-0.4, -0.2) is 15.0 Å². The van der Waals surface area contributed by atoms with Gasteiger partial charge in [-0.25, -0.2) is 12.8 Å². The number of rotatable bonds is 2. The molecule has 21 heavy (non-hydrogen) atoms. The molecule has 0 bridgehead atoms. The van der Waals surface area contributed by atoms with E-state index in [1.54, 1.807) is 37.3 Å². The van der Waals surface area contributed by atoms with E-state index in [1.807, 2.05) is 6.92 Å². The molecule has 0 saturated carbocycles. The first-order valence-corrected chi connectivity index (χ1v) is 8.22. The van der Waals surface area contributed by atoms with E-state index in [9.17, 15) is 12.8 Å². The Bertz CT molecular complexity index is 798. The topological polar surface area (TPSA) is 37.4 Å². The van der Waals surface area contributed by atoms with Gasteiger partial charge >= 0.3 is 0 Å². The first-order valence-electron chi connectivity index (χ1n) is 6.78. The molecule has 2 aromatic carbocycles. The highest BCUT2D eigenvalue weighted by atomic mass is 32.2. The predicted molar refractivity (Wildman–Crippen MR) is 80.6 cm³/mol. The van der Waals surface area contributed by atoms with Crippen LogP contribution in [0, 0.1) is 19.7 Å². The number of aryl methyl sites for hydroxylation is 1. The van der Waals surface area contributed by atoms with Crippen molar-refractivity contribution >= 4 is 15.7 Å². The van der Waals surface area contributed by atoms with Crippen LogP contribution in [0.5, 0.6) is 0 Å². The van der Waals surface area contributed by atoms with E-state index < -0.39 is 10.0 Å². The molecule has 1 aliphatic rings. The average molecular weight is 305 g/mol.